The van der Waals surface area contributed by atoms with Crippen LogP contribution in [-0.2, 0) is 4.74 Å². The minimum atomic E-state index is -0.585. The molecular weight excluding hydrogens is 140 g/mol. The first kappa shape index (κ1) is 10.9. The van der Waals surface area contributed by atoms with E-state index >= 15 is 0 Å². The number of hydrogen-bond donors (Lipinski definition) is 1. The van der Waals surface area contributed by atoms with E-state index in [1.165, 1.54) is 0 Å². The largest absolute Gasteiger partial charge is 0.387 e. The third kappa shape index (κ3) is 3.21. The van der Waals surface area contributed by atoms with E-state index in [1.807, 2.05) is 27.7 Å². The highest BCUT2D eigenvalue weighted by atomic mass is 16.5. The fraction of sp³-hybridized carbons (Fsp3) is 1.00. The highest BCUT2D eigenvalue weighted by Gasteiger charge is 2.31. The standard InChI is InChI=1S/C7H14O2.C2H6/c1-6-7(2,8)4-3-5-9-6;1-2/h6,8H,3-5H2,1-2H3;1-2H3/t6-,7?;/m1./s1. The van der Waals surface area contributed by atoms with Crippen LogP contribution in [0, 0.1) is 0 Å². The van der Waals surface area contributed by atoms with Crippen LogP contribution in [0.25, 0.3) is 0 Å². The van der Waals surface area contributed by atoms with Crippen molar-refractivity contribution in [2.75, 3.05) is 6.61 Å². The van der Waals surface area contributed by atoms with Crippen LogP contribution in [0.1, 0.15) is 40.5 Å². The summed E-state index contributed by atoms with van der Waals surface area (Å²) in [5.41, 5.74) is -0.585. The monoisotopic (exact) mass is 160 g/mol. The first-order chi connectivity index (χ1) is 5.13. The molecule has 1 unspecified atom stereocenters. The quantitative estimate of drug-likeness (QED) is 0.587. The summed E-state index contributed by atoms with van der Waals surface area (Å²) in [6.07, 6.45) is 1.86. The molecule has 0 spiro atoms. The fourth-order valence-corrected chi connectivity index (χ4v) is 1.07. The predicted octanol–water partition coefficient (Wildman–Crippen LogP) is 1.96. The molecule has 0 radical (unpaired) electrons. The first-order valence-electron chi connectivity index (χ1n) is 4.47. The second-order valence-electron chi connectivity index (χ2n) is 2.97. The van der Waals surface area contributed by atoms with E-state index in [9.17, 15) is 5.11 Å². The highest BCUT2D eigenvalue weighted by Crippen LogP contribution is 2.23. The van der Waals surface area contributed by atoms with Gasteiger partial charge in [-0.3, -0.25) is 0 Å². The molecule has 0 aromatic heterocycles. The topological polar surface area (TPSA) is 29.5 Å². The summed E-state index contributed by atoms with van der Waals surface area (Å²) in [5, 5.41) is 9.52. The Balaban J connectivity index is 0.000000461. The summed E-state index contributed by atoms with van der Waals surface area (Å²) in [5.74, 6) is 0. The zero-order valence-electron chi connectivity index (χ0n) is 8.05. The lowest BCUT2D eigenvalue weighted by atomic mass is 9.92. The molecule has 0 aliphatic carbocycles. The predicted molar refractivity (Wildman–Crippen MR) is 46.6 cm³/mol. The Morgan fingerprint density at radius 2 is 2.00 bits per heavy atom. The van der Waals surface area contributed by atoms with E-state index in [2.05, 4.69) is 0 Å². The fourth-order valence-electron chi connectivity index (χ4n) is 1.07. The van der Waals surface area contributed by atoms with Gasteiger partial charge in [0.1, 0.15) is 0 Å². The lowest BCUT2D eigenvalue weighted by Gasteiger charge is -2.34. The molecule has 2 heteroatoms. The third-order valence-electron chi connectivity index (χ3n) is 2.07. The molecule has 0 aromatic rings. The van der Waals surface area contributed by atoms with Gasteiger partial charge in [0.15, 0.2) is 0 Å². The maximum absolute atomic E-state index is 9.52. The van der Waals surface area contributed by atoms with Gasteiger partial charge in [0.25, 0.3) is 0 Å². The maximum Gasteiger partial charge on any atom is 0.0878 e. The van der Waals surface area contributed by atoms with Gasteiger partial charge in [-0.25, -0.2) is 0 Å². The molecule has 1 aliphatic rings. The molecule has 68 valence electrons. The Hall–Kier alpha value is -0.0800. The van der Waals surface area contributed by atoms with Crippen molar-refractivity contribution < 1.29 is 9.84 Å². The molecule has 1 saturated heterocycles. The summed E-state index contributed by atoms with van der Waals surface area (Å²) in [7, 11) is 0. The Morgan fingerprint density at radius 1 is 1.45 bits per heavy atom. The SMILES string of the molecule is CC.C[C@H]1OCCCC1(C)O. The molecular formula is C9H20O2. The van der Waals surface area contributed by atoms with Crippen LogP contribution >= 0.6 is 0 Å². The molecule has 1 aliphatic heterocycles. The highest BCUT2D eigenvalue weighted by molar-refractivity contribution is 4.82. The normalized spacial score (nSPS) is 37.4. The lowest BCUT2D eigenvalue weighted by Crippen LogP contribution is -2.42. The van der Waals surface area contributed by atoms with Crippen LogP contribution in [0.3, 0.4) is 0 Å². The molecule has 11 heavy (non-hydrogen) atoms. The summed E-state index contributed by atoms with van der Waals surface area (Å²) >= 11 is 0. The van der Waals surface area contributed by atoms with E-state index in [0.717, 1.165) is 19.4 Å². The van der Waals surface area contributed by atoms with Crippen molar-refractivity contribution >= 4 is 0 Å². The summed E-state index contributed by atoms with van der Waals surface area (Å²) in [4.78, 5) is 0. The van der Waals surface area contributed by atoms with Crippen LogP contribution in [0.5, 0.6) is 0 Å². The van der Waals surface area contributed by atoms with Crippen molar-refractivity contribution in [1.82, 2.24) is 0 Å². The minimum Gasteiger partial charge on any atom is -0.387 e. The van der Waals surface area contributed by atoms with Crippen LogP contribution in [0.2, 0.25) is 0 Å². The van der Waals surface area contributed by atoms with E-state index in [1.54, 1.807) is 0 Å². The average molecular weight is 160 g/mol. The van der Waals surface area contributed by atoms with Crippen LogP contribution in [0.4, 0.5) is 0 Å². The lowest BCUT2D eigenvalue weighted by molar-refractivity contribution is -0.125. The van der Waals surface area contributed by atoms with Gasteiger partial charge in [0, 0.05) is 6.61 Å². The van der Waals surface area contributed by atoms with Gasteiger partial charge in [-0.2, -0.15) is 0 Å². The molecule has 2 atom stereocenters. The molecule has 1 N–H and O–H groups in total. The summed E-state index contributed by atoms with van der Waals surface area (Å²) in [6.45, 7) is 8.55. The van der Waals surface area contributed by atoms with Crippen LogP contribution in [0.15, 0.2) is 0 Å². The molecule has 0 bridgehead atoms. The molecule has 0 amide bonds. The van der Waals surface area contributed by atoms with Gasteiger partial charge in [-0.05, 0) is 26.7 Å². The molecule has 0 saturated carbocycles. The van der Waals surface area contributed by atoms with Crippen molar-refractivity contribution in [2.45, 2.75) is 52.2 Å². The Morgan fingerprint density at radius 3 is 2.27 bits per heavy atom. The number of ether oxygens (including phenoxy) is 1. The molecule has 1 fully saturated rings. The van der Waals surface area contributed by atoms with Crippen molar-refractivity contribution in [3.05, 3.63) is 0 Å². The first-order valence-corrected chi connectivity index (χ1v) is 4.47. The Kier molecular flexibility index (Phi) is 4.69. The van der Waals surface area contributed by atoms with E-state index in [0.29, 0.717) is 0 Å². The van der Waals surface area contributed by atoms with Gasteiger partial charge >= 0.3 is 0 Å². The average Bonchev–Trinajstić information content (AvgIpc) is 2.00. The zero-order chi connectivity index (χ0) is 8.91. The zero-order valence-corrected chi connectivity index (χ0v) is 8.05. The molecule has 1 rings (SSSR count). The number of hydrogen-bond acceptors (Lipinski definition) is 2. The van der Waals surface area contributed by atoms with Crippen molar-refractivity contribution in [2.24, 2.45) is 0 Å². The Bertz CT molecular complexity index is 99.7. The van der Waals surface area contributed by atoms with E-state index < -0.39 is 5.60 Å². The van der Waals surface area contributed by atoms with Gasteiger partial charge in [0.05, 0.1) is 11.7 Å². The van der Waals surface area contributed by atoms with Crippen LogP contribution < -0.4 is 0 Å². The van der Waals surface area contributed by atoms with E-state index in [4.69, 9.17) is 4.74 Å². The van der Waals surface area contributed by atoms with Crippen molar-refractivity contribution in [3.8, 4) is 0 Å². The maximum atomic E-state index is 9.52. The van der Waals surface area contributed by atoms with E-state index in [-0.39, 0.29) is 6.10 Å². The Labute approximate surface area is 69.6 Å². The van der Waals surface area contributed by atoms with Gasteiger partial charge < -0.3 is 9.84 Å². The van der Waals surface area contributed by atoms with Gasteiger partial charge in [-0.15, -0.1) is 0 Å². The second-order valence-corrected chi connectivity index (χ2v) is 2.97. The third-order valence-corrected chi connectivity index (χ3v) is 2.07. The van der Waals surface area contributed by atoms with Crippen molar-refractivity contribution in [1.29, 1.82) is 0 Å². The van der Waals surface area contributed by atoms with Gasteiger partial charge in [0.2, 0.25) is 0 Å². The minimum absolute atomic E-state index is 0.00579. The van der Waals surface area contributed by atoms with Crippen molar-refractivity contribution in [3.63, 3.8) is 0 Å². The summed E-state index contributed by atoms with van der Waals surface area (Å²) in [6, 6.07) is 0. The van der Waals surface area contributed by atoms with Crippen LogP contribution in [-0.4, -0.2) is 23.4 Å². The number of rotatable bonds is 0. The second kappa shape index (κ2) is 4.73. The summed E-state index contributed by atoms with van der Waals surface area (Å²) < 4.78 is 5.24. The molecule has 0 aromatic carbocycles. The van der Waals surface area contributed by atoms with Gasteiger partial charge in [-0.1, -0.05) is 13.8 Å². The molecule has 1 heterocycles. The molecule has 2 nitrogen and oxygen atoms in total. The number of aliphatic hydroxyl groups is 1. The smallest absolute Gasteiger partial charge is 0.0878 e.